The van der Waals surface area contributed by atoms with Gasteiger partial charge in [-0.15, -0.1) is 0 Å². The van der Waals surface area contributed by atoms with E-state index < -0.39 is 0 Å². The van der Waals surface area contributed by atoms with Crippen molar-refractivity contribution in [2.45, 2.75) is 39.2 Å². The highest BCUT2D eigenvalue weighted by atomic mass is 32.2. The minimum atomic E-state index is -0.118. The molecule has 0 aromatic heterocycles. The number of nitrogens with zero attached hydrogens (tertiary/aromatic N) is 2. The number of carbonyl (C=O) groups excluding carboxylic acids is 1. The lowest BCUT2D eigenvalue weighted by molar-refractivity contribution is -0.123. The van der Waals surface area contributed by atoms with E-state index in [1.165, 1.54) is 17.3 Å². The smallest absolute Gasteiger partial charge is 0.267 e. The zero-order valence-electron chi connectivity index (χ0n) is 18.9. The monoisotopic (exact) mass is 440 g/mol. The Balaban J connectivity index is 1.70. The van der Waals surface area contributed by atoms with Gasteiger partial charge in [0.05, 0.1) is 16.6 Å². The van der Waals surface area contributed by atoms with Crippen LogP contribution in [0.5, 0.6) is 0 Å². The number of benzene rings is 3. The van der Waals surface area contributed by atoms with Gasteiger partial charge < -0.3 is 0 Å². The molecule has 162 valence electrons. The molecule has 3 aromatic rings. The Bertz CT molecular complexity index is 1140. The molecule has 1 aliphatic heterocycles. The van der Waals surface area contributed by atoms with E-state index in [2.05, 4.69) is 64.1 Å². The SMILES string of the molecule is C[C@@H](c1ccccc1)N1C(=O)/C(=C\c2ccc(C(C)(C)C)cc2)SC1=Nc1ccccc1. The van der Waals surface area contributed by atoms with Crippen molar-refractivity contribution < 1.29 is 4.79 Å². The highest BCUT2D eigenvalue weighted by Gasteiger charge is 2.37. The normalized spacial score (nSPS) is 17.9. The Labute approximate surface area is 194 Å². The van der Waals surface area contributed by atoms with Gasteiger partial charge in [0.25, 0.3) is 5.91 Å². The second-order valence-electron chi connectivity index (χ2n) is 8.97. The topological polar surface area (TPSA) is 32.7 Å². The van der Waals surface area contributed by atoms with E-state index in [9.17, 15) is 4.79 Å². The molecule has 0 spiro atoms. The second kappa shape index (κ2) is 9.17. The summed E-state index contributed by atoms with van der Waals surface area (Å²) in [5.74, 6) is -0.0130. The molecule has 4 rings (SSSR count). The lowest BCUT2D eigenvalue weighted by Gasteiger charge is -2.24. The van der Waals surface area contributed by atoms with E-state index in [0.717, 1.165) is 16.8 Å². The molecule has 3 aromatic carbocycles. The van der Waals surface area contributed by atoms with Crippen LogP contribution in [0, 0.1) is 0 Å². The first-order valence-corrected chi connectivity index (χ1v) is 11.7. The van der Waals surface area contributed by atoms with Crippen LogP contribution in [0.25, 0.3) is 6.08 Å². The number of aliphatic imine (C=N–C) groups is 1. The Hall–Kier alpha value is -3.11. The fourth-order valence-electron chi connectivity index (χ4n) is 3.63. The molecule has 0 aliphatic carbocycles. The highest BCUT2D eigenvalue weighted by molar-refractivity contribution is 8.18. The van der Waals surface area contributed by atoms with Crippen molar-refractivity contribution in [2.75, 3.05) is 0 Å². The Morgan fingerprint density at radius 3 is 2.06 bits per heavy atom. The van der Waals surface area contributed by atoms with Crippen molar-refractivity contribution in [1.29, 1.82) is 0 Å². The standard InChI is InChI=1S/C28H28N2OS/c1-20(22-11-7-5-8-12-22)30-26(31)25(32-27(30)29-24-13-9-6-10-14-24)19-21-15-17-23(18-16-21)28(2,3)4/h5-20H,1-4H3/b25-19+,29-27?/t20-/m0/s1. The minimum absolute atomic E-state index is 0.0130. The van der Waals surface area contributed by atoms with Gasteiger partial charge in [0, 0.05) is 0 Å². The number of thioether (sulfide) groups is 1. The minimum Gasteiger partial charge on any atom is -0.279 e. The first-order chi connectivity index (χ1) is 15.3. The molecule has 4 heteroatoms. The predicted octanol–water partition coefficient (Wildman–Crippen LogP) is 7.35. The summed E-state index contributed by atoms with van der Waals surface area (Å²) in [6, 6.07) is 28.2. The lowest BCUT2D eigenvalue weighted by Crippen LogP contribution is -2.32. The summed E-state index contributed by atoms with van der Waals surface area (Å²) in [4.78, 5) is 20.8. The summed E-state index contributed by atoms with van der Waals surface area (Å²) in [6.07, 6.45) is 1.97. The van der Waals surface area contributed by atoms with Gasteiger partial charge in [0.15, 0.2) is 5.17 Å². The maximum Gasteiger partial charge on any atom is 0.267 e. The molecule has 0 bridgehead atoms. The van der Waals surface area contributed by atoms with Crippen LogP contribution in [-0.2, 0) is 10.2 Å². The van der Waals surface area contributed by atoms with Crippen LogP contribution in [0.4, 0.5) is 5.69 Å². The van der Waals surface area contributed by atoms with Gasteiger partial charge in [0.2, 0.25) is 0 Å². The summed E-state index contributed by atoms with van der Waals surface area (Å²) in [5.41, 5.74) is 4.31. The summed E-state index contributed by atoms with van der Waals surface area (Å²) in [5, 5.41) is 0.704. The number of hydrogen-bond donors (Lipinski definition) is 0. The van der Waals surface area contributed by atoms with Crippen LogP contribution in [0.1, 0.15) is 50.4 Å². The van der Waals surface area contributed by atoms with E-state index in [1.807, 2.05) is 59.5 Å². The van der Waals surface area contributed by atoms with E-state index in [4.69, 9.17) is 4.99 Å². The van der Waals surface area contributed by atoms with Gasteiger partial charge in [-0.3, -0.25) is 9.69 Å². The second-order valence-corrected chi connectivity index (χ2v) is 9.98. The maximum absolute atomic E-state index is 13.5. The van der Waals surface area contributed by atoms with Crippen molar-refractivity contribution in [3.63, 3.8) is 0 Å². The fraction of sp³-hybridized carbons (Fsp3) is 0.214. The van der Waals surface area contributed by atoms with Crippen molar-refractivity contribution in [3.8, 4) is 0 Å². The Kier molecular flexibility index (Phi) is 6.33. The number of carbonyl (C=O) groups is 1. The third kappa shape index (κ3) is 4.86. The molecule has 1 atom stereocenters. The third-order valence-corrected chi connectivity index (χ3v) is 6.54. The molecule has 1 heterocycles. The molecule has 1 amide bonds. The van der Waals surface area contributed by atoms with Gasteiger partial charge >= 0.3 is 0 Å². The summed E-state index contributed by atoms with van der Waals surface area (Å²) >= 11 is 1.44. The maximum atomic E-state index is 13.5. The summed E-state index contributed by atoms with van der Waals surface area (Å²) in [7, 11) is 0. The fourth-order valence-corrected chi connectivity index (χ4v) is 4.70. The van der Waals surface area contributed by atoms with E-state index in [0.29, 0.717) is 10.1 Å². The molecule has 1 aliphatic rings. The molecular formula is C28H28N2OS. The molecule has 3 nitrogen and oxygen atoms in total. The summed E-state index contributed by atoms with van der Waals surface area (Å²) < 4.78 is 0. The van der Waals surface area contributed by atoms with Gasteiger partial charge in [-0.25, -0.2) is 4.99 Å². The molecule has 32 heavy (non-hydrogen) atoms. The Morgan fingerprint density at radius 1 is 0.875 bits per heavy atom. The van der Waals surface area contributed by atoms with Crippen LogP contribution in [-0.4, -0.2) is 16.0 Å². The zero-order valence-corrected chi connectivity index (χ0v) is 19.8. The first-order valence-electron chi connectivity index (χ1n) is 10.9. The largest absolute Gasteiger partial charge is 0.279 e. The zero-order chi connectivity index (χ0) is 22.7. The van der Waals surface area contributed by atoms with E-state index in [-0.39, 0.29) is 17.4 Å². The average molecular weight is 441 g/mol. The molecular weight excluding hydrogens is 412 g/mol. The molecule has 0 radical (unpaired) electrons. The summed E-state index contributed by atoms with van der Waals surface area (Å²) in [6.45, 7) is 8.65. The molecule has 0 saturated carbocycles. The lowest BCUT2D eigenvalue weighted by atomic mass is 9.87. The predicted molar refractivity (Wildman–Crippen MR) is 136 cm³/mol. The molecule has 0 unspecified atom stereocenters. The number of rotatable bonds is 4. The van der Waals surface area contributed by atoms with Crippen LogP contribution in [0.15, 0.2) is 94.8 Å². The van der Waals surface area contributed by atoms with Crippen LogP contribution < -0.4 is 0 Å². The van der Waals surface area contributed by atoms with E-state index >= 15 is 0 Å². The van der Waals surface area contributed by atoms with Gasteiger partial charge in [0.1, 0.15) is 0 Å². The number of amidine groups is 1. The highest BCUT2D eigenvalue weighted by Crippen LogP contribution is 2.39. The molecule has 1 saturated heterocycles. The van der Waals surface area contributed by atoms with Crippen molar-refractivity contribution in [2.24, 2.45) is 4.99 Å². The van der Waals surface area contributed by atoms with Gasteiger partial charge in [-0.05, 0) is 59.0 Å². The molecule has 1 fully saturated rings. The van der Waals surface area contributed by atoms with Gasteiger partial charge in [-0.2, -0.15) is 0 Å². The molecule has 0 N–H and O–H groups in total. The average Bonchev–Trinajstić information content (AvgIpc) is 3.08. The van der Waals surface area contributed by atoms with Crippen molar-refractivity contribution >= 4 is 34.6 Å². The van der Waals surface area contributed by atoms with Crippen LogP contribution in [0.3, 0.4) is 0 Å². The van der Waals surface area contributed by atoms with Crippen LogP contribution in [0.2, 0.25) is 0 Å². The Morgan fingerprint density at radius 2 is 1.47 bits per heavy atom. The van der Waals surface area contributed by atoms with Crippen molar-refractivity contribution in [3.05, 3.63) is 107 Å². The van der Waals surface area contributed by atoms with Crippen molar-refractivity contribution in [1.82, 2.24) is 4.90 Å². The van der Waals surface area contributed by atoms with Crippen LogP contribution >= 0.6 is 11.8 Å². The third-order valence-electron chi connectivity index (χ3n) is 5.56. The number of amides is 1. The quantitative estimate of drug-likeness (QED) is 0.397. The first kappa shape index (κ1) is 22.1. The van der Waals surface area contributed by atoms with Gasteiger partial charge in [-0.1, -0.05) is 93.6 Å². The number of para-hydroxylation sites is 1. The van der Waals surface area contributed by atoms with E-state index in [1.54, 1.807) is 0 Å². The number of hydrogen-bond acceptors (Lipinski definition) is 3.